The summed E-state index contributed by atoms with van der Waals surface area (Å²) < 4.78 is 5.25. The van der Waals surface area contributed by atoms with Crippen molar-refractivity contribution in [2.24, 2.45) is 11.7 Å². The molecule has 0 bridgehead atoms. The SMILES string of the molecule is CCC(N)CC1CCOC1. The zero-order valence-electron chi connectivity index (χ0n) is 6.68. The molecule has 1 saturated heterocycles. The maximum Gasteiger partial charge on any atom is 0.0495 e. The molecule has 1 aliphatic rings. The maximum absolute atomic E-state index is 5.80. The van der Waals surface area contributed by atoms with E-state index in [1.807, 2.05) is 0 Å². The average molecular weight is 143 g/mol. The van der Waals surface area contributed by atoms with Crippen LogP contribution in [0.3, 0.4) is 0 Å². The van der Waals surface area contributed by atoms with Gasteiger partial charge < -0.3 is 10.5 Å². The lowest BCUT2D eigenvalue weighted by molar-refractivity contribution is 0.182. The van der Waals surface area contributed by atoms with Crippen molar-refractivity contribution in [3.05, 3.63) is 0 Å². The highest BCUT2D eigenvalue weighted by Gasteiger charge is 2.17. The molecule has 10 heavy (non-hydrogen) atoms. The second kappa shape index (κ2) is 3.94. The molecule has 1 aliphatic heterocycles. The summed E-state index contributed by atoms with van der Waals surface area (Å²) in [6.45, 7) is 4.02. The standard InChI is InChI=1S/C8H17NO/c1-2-8(9)5-7-3-4-10-6-7/h7-8H,2-6,9H2,1H3. The highest BCUT2D eigenvalue weighted by molar-refractivity contribution is 4.70. The molecule has 2 unspecified atom stereocenters. The second-order valence-corrected chi connectivity index (χ2v) is 3.13. The van der Waals surface area contributed by atoms with E-state index in [1.54, 1.807) is 0 Å². The van der Waals surface area contributed by atoms with Crippen LogP contribution in [0.2, 0.25) is 0 Å². The van der Waals surface area contributed by atoms with Gasteiger partial charge in [0.05, 0.1) is 0 Å². The summed E-state index contributed by atoms with van der Waals surface area (Å²) in [6, 6.07) is 0.395. The Hall–Kier alpha value is -0.0800. The zero-order valence-corrected chi connectivity index (χ0v) is 6.68. The van der Waals surface area contributed by atoms with E-state index in [0.717, 1.165) is 32.0 Å². The van der Waals surface area contributed by atoms with Gasteiger partial charge in [-0.05, 0) is 25.2 Å². The van der Waals surface area contributed by atoms with E-state index in [2.05, 4.69) is 6.92 Å². The first-order valence-electron chi connectivity index (χ1n) is 4.16. The van der Waals surface area contributed by atoms with Crippen LogP contribution in [0.15, 0.2) is 0 Å². The van der Waals surface area contributed by atoms with Crippen molar-refractivity contribution in [3.8, 4) is 0 Å². The summed E-state index contributed by atoms with van der Waals surface area (Å²) in [5, 5.41) is 0. The van der Waals surface area contributed by atoms with Crippen molar-refractivity contribution in [2.75, 3.05) is 13.2 Å². The van der Waals surface area contributed by atoms with Crippen molar-refractivity contribution >= 4 is 0 Å². The fraction of sp³-hybridized carbons (Fsp3) is 1.00. The molecule has 0 aromatic heterocycles. The van der Waals surface area contributed by atoms with Gasteiger partial charge in [0.15, 0.2) is 0 Å². The predicted octanol–water partition coefficient (Wildman–Crippen LogP) is 1.15. The van der Waals surface area contributed by atoms with Gasteiger partial charge in [-0.15, -0.1) is 0 Å². The van der Waals surface area contributed by atoms with Crippen molar-refractivity contribution in [1.82, 2.24) is 0 Å². The Morgan fingerprint density at radius 2 is 2.50 bits per heavy atom. The highest BCUT2D eigenvalue weighted by Crippen LogP contribution is 2.17. The van der Waals surface area contributed by atoms with Crippen LogP contribution < -0.4 is 5.73 Å². The lowest BCUT2D eigenvalue weighted by atomic mass is 9.98. The number of nitrogens with two attached hydrogens (primary N) is 1. The molecule has 0 aliphatic carbocycles. The second-order valence-electron chi connectivity index (χ2n) is 3.13. The topological polar surface area (TPSA) is 35.2 Å². The van der Waals surface area contributed by atoms with Gasteiger partial charge in [-0.25, -0.2) is 0 Å². The molecule has 0 aromatic rings. The van der Waals surface area contributed by atoms with Gasteiger partial charge in [0.1, 0.15) is 0 Å². The Labute approximate surface area is 62.7 Å². The van der Waals surface area contributed by atoms with E-state index < -0.39 is 0 Å². The van der Waals surface area contributed by atoms with Gasteiger partial charge in [-0.3, -0.25) is 0 Å². The van der Waals surface area contributed by atoms with Crippen LogP contribution >= 0.6 is 0 Å². The smallest absolute Gasteiger partial charge is 0.0495 e. The fourth-order valence-corrected chi connectivity index (χ4v) is 1.36. The van der Waals surface area contributed by atoms with Crippen LogP contribution in [0.25, 0.3) is 0 Å². The molecule has 0 radical (unpaired) electrons. The minimum atomic E-state index is 0.395. The summed E-state index contributed by atoms with van der Waals surface area (Å²) >= 11 is 0. The molecule has 1 heterocycles. The summed E-state index contributed by atoms with van der Waals surface area (Å²) in [6.07, 6.45) is 3.46. The molecule has 0 aromatic carbocycles. The van der Waals surface area contributed by atoms with Crippen molar-refractivity contribution in [1.29, 1.82) is 0 Å². The summed E-state index contributed by atoms with van der Waals surface area (Å²) in [5.41, 5.74) is 5.80. The van der Waals surface area contributed by atoms with Gasteiger partial charge in [0.2, 0.25) is 0 Å². The Kier molecular flexibility index (Phi) is 3.16. The van der Waals surface area contributed by atoms with E-state index in [4.69, 9.17) is 10.5 Å². The van der Waals surface area contributed by atoms with E-state index in [9.17, 15) is 0 Å². The number of hydrogen-bond donors (Lipinski definition) is 1. The Morgan fingerprint density at radius 3 is 3.00 bits per heavy atom. The fourth-order valence-electron chi connectivity index (χ4n) is 1.36. The molecule has 0 amide bonds. The largest absolute Gasteiger partial charge is 0.381 e. The predicted molar refractivity (Wildman–Crippen MR) is 41.8 cm³/mol. The Bertz CT molecular complexity index is 89.3. The zero-order chi connectivity index (χ0) is 7.40. The lowest BCUT2D eigenvalue weighted by Crippen LogP contribution is -2.22. The van der Waals surface area contributed by atoms with Crippen LogP contribution in [0, 0.1) is 5.92 Å². The molecule has 0 spiro atoms. The molecular formula is C8H17NO. The van der Waals surface area contributed by atoms with Crippen LogP contribution in [0.5, 0.6) is 0 Å². The molecular weight excluding hydrogens is 126 g/mol. The molecule has 1 fully saturated rings. The molecule has 1 rings (SSSR count). The van der Waals surface area contributed by atoms with E-state index in [1.165, 1.54) is 6.42 Å². The third-order valence-corrected chi connectivity index (χ3v) is 2.18. The molecule has 2 nitrogen and oxygen atoms in total. The monoisotopic (exact) mass is 143 g/mol. The number of rotatable bonds is 3. The van der Waals surface area contributed by atoms with Gasteiger partial charge >= 0.3 is 0 Å². The van der Waals surface area contributed by atoms with Gasteiger partial charge in [0.25, 0.3) is 0 Å². The lowest BCUT2D eigenvalue weighted by Gasteiger charge is -2.12. The molecule has 0 saturated carbocycles. The first kappa shape index (κ1) is 8.02. The van der Waals surface area contributed by atoms with Gasteiger partial charge in [0, 0.05) is 19.3 Å². The normalized spacial score (nSPS) is 28.8. The quantitative estimate of drug-likeness (QED) is 0.643. The van der Waals surface area contributed by atoms with Crippen molar-refractivity contribution in [2.45, 2.75) is 32.2 Å². The van der Waals surface area contributed by atoms with Crippen LogP contribution in [-0.4, -0.2) is 19.3 Å². The maximum atomic E-state index is 5.80. The van der Waals surface area contributed by atoms with Crippen LogP contribution in [-0.2, 0) is 4.74 Å². The first-order valence-corrected chi connectivity index (χ1v) is 4.16. The number of ether oxygens (including phenoxy) is 1. The van der Waals surface area contributed by atoms with Gasteiger partial charge in [-0.2, -0.15) is 0 Å². The minimum Gasteiger partial charge on any atom is -0.381 e. The van der Waals surface area contributed by atoms with Crippen molar-refractivity contribution in [3.63, 3.8) is 0 Å². The number of hydrogen-bond acceptors (Lipinski definition) is 2. The summed E-state index contributed by atoms with van der Waals surface area (Å²) in [5.74, 6) is 0.745. The Morgan fingerprint density at radius 1 is 1.70 bits per heavy atom. The third-order valence-electron chi connectivity index (χ3n) is 2.18. The molecule has 2 heteroatoms. The van der Waals surface area contributed by atoms with E-state index in [0.29, 0.717) is 6.04 Å². The van der Waals surface area contributed by atoms with Crippen LogP contribution in [0.1, 0.15) is 26.2 Å². The summed E-state index contributed by atoms with van der Waals surface area (Å²) in [4.78, 5) is 0. The van der Waals surface area contributed by atoms with Crippen LogP contribution in [0.4, 0.5) is 0 Å². The molecule has 2 N–H and O–H groups in total. The summed E-state index contributed by atoms with van der Waals surface area (Å²) in [7, 11) is 0. The highest BCUT2D eigenvalue weighted by atomic mass is 16.5. The first-order chi connectivity index (χ1) is 4.83. The Balaban J connectivity index is 2.11. The third kappa shape index (κ3) is 2.27. The average Bonchev–Trinajstić information content (AvgIpc) is 2.40. The minimum absolute atomic E-state index is 0.395. The van der Waals surface area contributed by atoms with E-state index in [-0.39, 0.29) is 0 Å². The van der Waals surface area contributed by atoms with Gasteiger partial charge in [-0.1, -0.05) is 6.92 Å². The van der Waals surface area contributed by atoms with E-state index >= 15 is 0 Å². The van der Waals surface area contributed by atoms with Crippen molar-refractivity contribution < 1.29 is 4.74 Å². The molecule has 60 valence electrons. The molecule has 2 atom stereocenters.